The van der Waals surface area contributed by atoms with E-state index in [2.05, 4.69) is 20.6 Å². The highest BCUT2D eigenvalue weighted by Gasteiger charge is 2.03. The lowest BCUT2D eigenvalue weighted by Crippen LogP contribution is -2.03. The molecule has 0 unspecified atom stereocenters. The van der Waals surface area contributed by atoms with Crippen LogP contribution in [0.4, 0.5) is 29.0 Å². The number of nitrogens with zero attached hydrogens (tertiary/aromatic N) is 2. The van der Waals surface area contributed by atoms with Gasteiger partial charge in [-0.25, -0.2) is 0 Å². The van der Waals surface area contributed by atoms with Crippen LogP contribution in [0.25, 0.3) is 0 Å². The summed E-state index contributed by atoms with van der Waals surface area (Å²) in [7, 11) is 0. The highest BCUT2D eigenvalue weighted by atomic mass is 15.2. The first-order valence-corrected chi connectivity index (χ1v) is 6.58. The Kier molecular flexibility index (Phi) is 3.64. The van der Waals surface area contributed by atoms with Crippen molar-refractivity contribution in [2.45, 2.75) is 0 Å². The molecule has 0 radical (unpaired) electrons. The summed E-state index contributed by atoms with van der Waals surface area (Å²) in [5.41, 5.74) is 7.69. The van der Waals surface area contributed by atoms with Gasteiger partial charge in [-0.2, -0.15) is 9.97 Å². The summed E-state index contributed by atoms with van der Waals surface area (Å²) in [6, 6.07) is 21.2. The largest absolute Gasteiger partial charge is 0.383 e. The summed E-state index contributed by atoms with van der Waals surface area (Å²) in [6.45, 7) is 0. The zero-order valence-corrected chi connectivity index (χ0v) is 11.3. The fourth-order valence-corrected chi connectivity index (χ4v) is 1.91. The molecule has 1 heterocycles. The quantitative estimate of drug-likeness (QED) is 0.680. The van der Waals surface area contributed by atoms with Gasteiger partial charge in [0.25, 0.3) is 0 Å². The van der Waals surface area contributed by atoms with Crippen LogP contribution in [-0.4, -0.2) is 9.97 Å². The second-order valence-electron chi connectivity index (χ2n) is 4.48. The molecular formula is C16H15N5. The Morgan fingerprint density at radius 1 is 0.714 bits per heavy atom. The molecule has 3 aromatic rings. The molecule has 104 valence electrons. The van der Waals surface area contributed by atoms with E-state index in [1.54, 1.807) is 6.07 Å². The molecule has 0 bridgehead atoms. The lowest BCUT2D eigenvalue weighted by Gasteiger charge is -2.09. The molecule has 21 heavy (non-hydrogen) atoms. The van der Waals surface area contributed by atoms with Crippen LogP contribution < -0.4 is 16.4 Å². The normalized spacial score (nSPS) is 10.1. The fourth-order valence-electron chi connectivity index (χ4n) is 1.91. The molecule has 0 amide bonds. The first kappa shape index (κ1) is 12.9. The minimum atomic E-state index is 0.405. The zero-order chi connectivity index (χ0) is 14.5. The molecule has 0 saturated heterocycles. The smallest absolute Gasteiger partial charge is 0.231 e. The van der Waals surface area contributed by atoms with Crippen LogP contribution in [0.5, 0.6) is 0 Å². The van der Waals surface area contributed by atoms with E-state index in [0.717, 1.165) is 11.4 Å². The summed E-state index contributed by atoms with van der Waals surface area (Å²) >= 11 is 0. The number of anilines is 5. The minimum absolute atomic E-state index is 0.405. The number of rotatable bonds is 4. The van der Waals surface area contributed by atoms with E-state index in [4.69, 9.17) is 5.73 Å². The molecule has 0 aliphatic carbocycles. The average molecular weight is 277 g/mol. The second-order valence-corrected chi connectivity index (χ2v) is 4.48. The van der Waals surface area contributed by atoms with Gasteiger partial charge in [0.1, 0.15) is 11.6 Å². The molecule has 0 fully saturated rings. The third-order valence-corrected chi connectivity index (χ3v) is 2.82. The van der Waals surface area contributed by atoms with Crippen LogP contribution in [-0.2, 0) is 0 Å². The maximum absolute atomic E-state index is 5.84. The highest BCUT2D eigenvalue weighted by Crippen LogP contribution is 2.19. The van der Waals surface area contributed by atoms with Gasteiger partial charge < -0.3 is 16.4 Å². The maximum Gasteiger partial charge on any atom is 0.231 e. The maximum atomic E-state index is 5.84. The van der Waals surface area contributed by atoms with Gasteiger partial charge >= 0.3 is 0 Å². The summed E-state index contributed by atoms with van der Waals surface area (Å²) in [6.07, 6.45) is 0. The number of hydrogen-bond donors (Lipinski definition) is 3. The van der Waals surface area contributed by atoms with Crippen LogP contribution >= 0.6 is 0 Å². The van der Waals surface area contributed by atoms with E-state index < -0.39 is 0 Å². The second kappa shape index (κ2) is 5.92. The van der Waals surface area contributed by atoms with Crippen molar-refractivity contribution in [1.82, 2.24) is 9.97 Å². The first-order chi connectivity index (χ1) is 10.3. The molecule has 0 aliphatic heterocycles. The fraction of sp³-hybridized carbons (Fsp3) is 0. The monoisotopic (exact) mass is 277 g/mol. The topological polar surface area (TPSA) is 75.9 Å². The van der Waals surface area contributed by atoms with Crippen LogP contribution in [0.15, 0.2) is 66.7 Å². The summed E-state index contributed by atoms with van der Waals surface area (Å²) in [4.78, 5) is 8.60. The standard InChI is InChI=1S/C16H15N5/c17-14-11-15(18-12-7-3-1-4-8-12)21-16(20-14)19-13-9-5-2-6-10-13/h1-11H,(H4,17,18,19,20,21). The Bertz CT molecular complexity index is 653. The Morgan fingerprint density at radius 3 is 1.90 bits per heavy atom. The van der Waals surface area contributed by atoms with E-state index in [0.29, 0.717) is 17.6 Å². The van der Waals surface area contributed by atoms with Crippen molar-refractivity contribution in [3.05, 3.63) is 66.7 Å². The molecule has 2 aromatic carbocycles. The Labute approximate surface area is 122 Å². The summed E-state index contributed by atoms with van der Waals surface area (Å²) < 4.78 is 0. The van der Waals surface area contributed by atoms with Gasteiger partial charge in [-0.05, 0) is 24.3 Å². The predicted octanol–water partition coefficient (Wildman–Crippen LogP) is 3.55. The zero-order valence-electron chi connectivity index (χ0n) is 11.3. The van der Waals surface area contributed by atoms with E-state index >= 15 is 0 Å². The van der Waals surface area contributed by atoms with Gasteiger partial charge in [0.15, 0.2) is 0 Å². The lowest BCUT2D eigenvalue weighted by atomic mass is 10.3. The Balaban J connectivity index is 1.83. The van der Waals surface area contributed by atoms with Gasteiger partial charge in [-0.15, -0.1) is 0 Å². The molecule has 5 nitrogen and oxygen atoms in total. The van der Waals surface area contributed by atoms with Crippen molar-refractivity contribution in [3.63, 3.8) is 0 Å². The van der Waals surface area contributed by atoms with E-state index in [1.807, 2.05) is 60.7 Å². The highest BCUT2D eigenvalue weighted by molar-refractivity contribution is 5.62. The average Bonchev–Trinajstić information content (AvgIpc) is 2.48. The minimum Gasteiger partial charge on any atom is -0.383 e. The van der Waals surface area contributed by atoms with E-state index in [9.17, 15) is 0 Å². The van der Waals surface area contributed by atoms with Crippen LogP contribution in [0.3, 0.4) is 0 Å². The van der Waals surface area contributed by atoms with Gasteiger partial charge in [-0.1, -0.05) is 36.4 Å². The van der Waals surface area contributed by atoms with Crippen molar-refractivity contribution in [1.29, 1.82) is 0 Å². The number of hydrogen-bond acceptors (Lipinski definition) is 5. The molecule has 5 heteroatoms. The summed E-state index contributed by atoms with van der Waals surface area (Å²) in [5.74, 6) is 1.51. The molecule has 3 rings (SSSR count). The third kappa shape index (κ3) is 3.48. The molecule has 0 aliphatic rings. The Hall–Kier alpha value is -3.08. The van der Waals surface area contributed by atoms with Crippen molar-refractivity contribution in [2.24, 2.45) is 0 Å². The molecule has 4 N–H and O–H groups in total. The van der Waals surface area contributed by atoms with Crippen LogP contribution in [0.1, 0.15) is 0 Å². The SMILES string of the molecule is Nc1cc(Nc2ccccc2)nc(Nc2ccccc2)n1. The molecule has 1 aromatic heterocycles. The Morgan fingerprint density at radius 2 is 1.29 bits per heavy atom. The van der Waals surface area contributed by atoms with Crippen LogP contribution in [0.2, 0.25) is 0 Å². The van der Waals surface area contributed by atoms with E-state index in [-0.39, 0.29) is 0 Å². The number of aromatic nitrogens is 2. The van der Waals surface area contributed by atoms with Gasteiger partial charge in [0.05, 0.1) is 0 Å². The molecule has 0 spiro atoms. The molecular weight excluding hydrogens is 262 g/mol. The molecule has 0 saturated carbocycles. The van der Waals surface area contributed by atoms with Crippen molar-refractivity contribution in [2.75, 3.05) is 16.4 Å². The lowest BCUT2D eigenvalue weighted by molar-refractivity contribution is 1.17. The number of nitrogens with two attached hydrogens (primary N) is 1. The van der Waals surface area contributed by atoms with Gasteiger partial charge in [0, 0.05) is 17.4 Å². The van der Waals surface area contributed by atoms with Crippen molar-refractivity contribution in [3.8, 4) is 0 Å². The summed E-state index contributed by atoms with van der Waals surface area (Å²) in [5, 5.41) is 6.33. The van der Waals surface area contributed by atoms with Gasteiger partial charge in [0.2, 0.25) is 5.95 Å². The number of benzene rings is 2. The number of nitrogens with one attached hydrogen (secondary N) is 2. The third-order valence-electron chi connectivity index (χ3n) is 2.82. The van der Waals surface area contributed by atoms with Crippen molar-refractivity contribution >= 4 is 29.0 Å². The van der Waals surface area contributed by atoms with Crippen molar-refractivity contribution < 1.29 is 0 Å². The number of para-hydroxylation sites is 2. The predicted molar refractivity (Wildman–Crippen MR) is 85.9 cm³/mol. The first-order valence-electron chi connectivity index (χ1n) is 6.58. The molecule has 0 atom stereocenters. The van der Waals surface area contributed by atoms with Crippen LogP contribution in [0, 0.1) is 0 Å². The van der Waals surface area contributed by atoms with Gasteiger partial charge in [-0.3, -0.25) is 0 Å². The van der Waals surface area contributed by atoms with E-state index in [1.165, 1.54) is 0 Å². The number of nitrogen functional groups attached to an aromatic ring is 1.